The fourth-order valence-corrected chi connectivity index (χ4v) is 3.10. The minimum absolute atomic E-state index is 0.0206. The van der Waals surface area contributed by atoms with Crippen molar-refractivity contribution in [3.8, 4) is 6.07 Å². The van der Waals surface area contributed by atoms with Gasteiger partial charge >= 0.3 is 0 Å². The van der Waals surface area contributed by atoms with Gasteiger partial charge in [0.25, 0.3) is 0 Å². The molecule has 3 rings (SSSR count). The van der Waals surface area contributed by atoms with Gasteiger partial charge in [-0.1, -0.05) is 0 Å². The van der Waals surface area contributed by atoms with Crippen LogP contribution in [0.5, 0.6) is 0 Å². The Morgan fingerprint density at radius 1 is 1.20 bits per heavy atom. The lowest BCUT2D eigenvalue weighted by Crippen LogP contribution is -2.44. The molecule has 2 fully saturated rings. The predicted octanol–water partition coefficient (Wildman–Crippen LogP) is 1.13. The molecule has 1 aliphatic heterocycles. The number of pyridine rings is 1. The van der Waals surface area contributed by atoms with Gasteiger partial charge in [-0.05, 0) is 37.8 Å². The second-order valence-corrected chi connectivity index (χ2v) is 6.60. The van der Waals surface area contributed by atoms with Crippen molar-refractivity contribution in [2.75, 3.05) is 31.5 Å². The van der Waals surface area contributed by atoms with Crippen molar-refractivity contribution >= 4 is 17.6 Å². The quantitative estimate of drug-likeness (QED) is 0.756. The van der Waals surface area contributed by atoms with E-state index >= 15 is 0 Å². The molecule has 0 spiro atoms. The van der Waals surface area contributed by atoms with Crippen molar-refractivity contribution in [3.05, 3.63) is 23.9 Å². The van der Waals surface area contributed by atoms with Gasteiger partial charge in [0.1, 0.15) is 11.9 Å². The fourth-order valence-electron chi connectivity index (χ4n) is 3.10. The predicted molar refractivity (Wildman–Crippen MR) is 92.5 cm³/mol. The summed E-state index contributed by atoms with van der Waals surface area (Å²) in [6.45, 7) is 2.36. The van der Waals surface area contributed by atoms with Gasteiger partial charge in [0.15, 0.2) is 0 Å². The van der Waals surface area contributed by atoms with Crippen molar-refractivity contribution in [3.63, 3.8) is 0 Å². The van der Waals surface area contributed by atoms with Crippen molar-refractivity contribution in [2.45, 2.75) is 25.7 Å². The van der Waals surface area contributed by atoms with E-state index in [0.29, 0.717) is 37.6 Å². The van der Waals surface area contributed by atoms with Crippen molar-refractivity contribution in [1.82, 2.24) is 15.2 Å². The summed E-state index contributed by atoms with van der Waals surface area (Å²) in [5.74, 6) is 1.08. The number of rotatable bonds is 6. The van der Waals surface area contributed by atoms with Gasteiger partial charge in [0.2, 0.25) is 11.8 Å². The molecule has 2 heterocycles. The van der Waals surface area contributed by atoms with Gasteiger partial charge < -0.3 is 15.5 Å². The molecule has 1 saturated carbocycles. The highest BCUT2D eigenvalue weighted by Gasteiger charge is 2.35. The monoisotopic (exact) mass is 341 g/mol. The van der Waals surface area contributed by atoms with Crippen molar-refractivity contribution < 1.29 is 9.59 Å². The zero-order valence-corrected chi connectivity index (χ0v) is 14.2. The van der Waals surface area contributed by atoms with Gasteiger partial charge in [-0.15, -0.1) is 0 Å². The first-order valence-corrected chi connectivity index (χ1v) is 8.84. The minimum atomic E-state index is -0.0206. The number of carbonyl (C=O) groups excluding carboxylic acids is 2. The van der Waals surface area contributed by atoms with Gasteiger partial charge in [-0.25, -0.2) is 4.98 Å². The number of nitrogens with zero attached hydrogens (tertiary/aromatic N) is 3. The van der Waals surface area contributed by atoms with Gasteiger partial charge in [0, 0.05) is 44.2 Å². The number of hydrogen-bond donors (Lipinski definition) is 2. The van der Waals surface area contributed by atoms with Crippen LogP contribution in [0.15, 0.2) is 18.3 Å². The molecule has 1 saturated heterocycles. The van der Waals surface area contributed by atoms with E-state index < -0.39 is 0 Å². The Balaban J connectivity index is 1.36. The molecule has 2 N–H and O–H groups in total. The summed E-state index contributed by atoms with van der Waals surface area (Å²) in [4.78, 5) is 30.3. The summed E-state index contributed by atoms with van der Waals surface area (Å²) in [6.07, 6.45) is 5.14. The zero-order valence-electron chi connectivity index (χ0n) is 14.2. The summed E-state index contributed by atoms with van der Waals surface area (Å²) in [5.41, 5.74) is 0.488. The number of amides is 2. The maximum absolute atomic E-state index is 12.2. The average Bonchev–Trinajstić information content (AvgIpc) is 3.50. The number of nitrogens with one attached hydrogen (secondary N) is 2. The second-order valence-electron chi connectivity index (χ2n) is 6.60. The Hall–Kier alpha value is -2.62. The largest absolute Gasteiger partial charge is 0.367 e. The Kier molecular flexibility index (Phi) is 5.49. The van der Waals surface area contributed by atoms with E-state index in [-0.39, 0.29) is 23.7 Å². The van der Waals surface area contributed by atoms with Crippen LogP contribution in [-0.2, 0) is 9.59 Å². The van der Waals surface area contributed by atoms with Crippen LogP contribution < -0.4 is 10.6 Å². The number of likely N-dealkylation sites (tertiary alicyclic amines) is 1. The van der Waals surface area contributed by atoms with E-state index in [2.05, 4.69) is 21.7 Å². The number of hydrogen-bond acceptors (Lipinski definition) is 5. The van der Waals surface area contributed by atoms with Crippen molar-refractivity contribution in [1.29, 1.82) is 5.26 Å². The lowest BCUT2D eigenvalue weighted by atomic mass is 9.95. The van der Waals surface area contributed by atoms with Crippen molar-refractivity contribution in [2.24, 2.45) is 11.8 Å². The molecule has 132 valence electrons. The molecule has 0 atom stereocenters. The third-order valence-electron chi connectivity index (χ3n) is 4.75. The van der Waals surface area contributed by atoms with Crippen LogP contribution in [0.4, 0.5) is 5.82 Å². The molecule has 0 bridgehead atoms. The van der Waals surface area contributed by atoms with E-state index in [9.17, 15) is 9.59 Å². The van der Waals surface area contributed by atoms with Crippen LogP contribution in [0.2, 0.25) is 0 Å². The highest BCUT2D eigenvalue weighted by Crippen LogP contribution is 2.32. The van der Waals surface area contributed by atoms with E-state index in [4.69, 9.17) is 5.26 Å². The number of piperidine rings is 1. The second kappa shape index (κ2) is 7.97. The molecule has 1 aromatic heterocycles. The van der Waals surface area contributed by atoms with Crippen LogP contribution in [-0.4, -0.2) is 47.9 Å². The van der Waals surface area contributed by atoms with Gasteiger partial charge in [-0.3, -0.25) is 9.59 Å². The molecule has 7 nitrogen and oxygen atoms in total. The SMILES string of the molecule is N#Cc1cccnc1NCCNC(=O)C1CCN(C(=O)C2CC2)CC1. The Morgan fingerprint density at radius 2 is 1.96 bits per heavy atom. The van der Waals surface area contributed by atoms with Crippen LogP contribution in [0.25, 0.3) is 0 Å². The van der Waals surface area contributed by atoms with Crippen LogP contribution in [0.1, 0.15) is 31.2 Å². The number of anilines is 1. The molecule has 0 aromatic carbocycles. The first-order chi connectivity index (χ1) is 12.2. The van der Waals surface area contributed by atoms with E-state index in [1.54, 1.807) is 18.3 Å². The lowest BCUT2D eigenvalue weighted by molar-refractivity contribution is -0.136. The summed E-state index contributed by atoms with van der Waals surface area (Å²) in [7, 11) is 0. The minimum Gasteiger partial charge on any atom is -0.367 e. The smallest absolute Gasteiger partial charge is 0.225 e. The Morgan fingerprint density at radius 3 is 2.64 bits per heavy atom. The van der Waals surface area contributed by atoms with Crippen LogP contribution in [0, 0.1) is 23.2 Å². The molecule has 1 aliphatic carbocycles. The molecule has 0 radical (unpaired) electrons. The average molecular weight is 341 g/mol. The Bertz CT molecular complexity index is 672. The first-order valence-electron chi connectivity index (χ1n) is 8.84. The number of carbonyl (C=O) groups is 2. The number of aromatic nitrogens is 1. The van der Waals surface area contributed by atoms with E-state index in [1.807, 2.05) is 4.90 Å². The molecule has 7 heteroatoms. The van der Waals surface area contributed by atoms with E-state index in [0.717, 1.165) is 25.7 Å². The molecule has 1 aromatic rings. The standard InChI is InChI=1S/C18H23N5O2/c19-12-15-2-1-7-20-16(15)21-8-9-22-17(24)13-5-10-23(11-6-13)18(25)14-3-4-14/h1-2,7,13-14H,3-6,8-11H2,(H,20,21)(H,22,24). The highest BCUT2D eigenvalue weighted by molar-refractivity contribution is 5.82. The van der Waals surface area contributed by atoms with Crippen LogP contribution in [0.3, 0.4) is 0 Å². The molecule has 25 heavy (non-hydrogen) atoms. The zero-order chi connectivity index (χ0) is 17.6. The normalized spacial score (nSPS) is 17.6. The lowest BCUT2D eigenvalue weighted by Gasteiger charge is -2.31. The van der Waals surface area contributed by atoms with Gasteiger partial charge in [0.05, 0.1) is 5.56 Å². The molecule has 2 amide bonds. The highest BCUT2D eigenvalue weighted by atomic mass is 16.2. The maximum Gasteiger partial charge on any atom is 0.225 e. The molecular formula is C18H23N5O2. The Labute approximate surface area is 147 Å². The fraction of sp³-hybridized carbons (Fsp3) is 0.556. The summed E-state index contributed by atoms with van der Waals surface area (Å²) in [5, 5.41) is 15.0. The topological polar surface area (TPSA) is 98.1 Å². The van der Waals surface area contributed by atoms with Gasteiger partial charge in [-0.2, -0.15) is 5.26 Å². The molecule has 2 aliphatic rings. The molecular weight excluding hydrogens is 318 g/mol. The summed E-state index contributed by atoms with van der Waals surface area (Å²) in [6, 6.07) is 5.49. The summed E-state index contributed by atoms with van der Waals surface area (Å²) >= 11 is 0. The first kappa shape index (κ1) is 17.2. The third kappa shape index (κ3) is 4.47. The van der Waals surface area contributed by atoms with E-state index in [1.165, 1.54) is 0 Å². The molecule has 0 unspecified atom stereocenters. The summed E-state index contributed by atoms with van der Waals surface area (Å²) < 4.78 is 0. The number of nitriles is 1. The third-order valence-corrected chi connectivity index (χ3v) is 4.75. The maximum atomic E-state index is 12.2. The van der Waals surface area contributed by atoms with Crippen LogP contribution >= 0.6 is 0 Å².